The van der Waals surface area contributed by atoms with Gasteiger partial charge in [-0.1, -0.05) is 12.1 Å². The number of benzene rings is 1. The molecule has 1 fully saturated rings. The van der Waals surface area contributed by atoms with Crippen LogP contribution in [0.5, 0.6) is 0 Å². The van der Waals surface area contributed by atoms with Crippen molar-refractivity contribution < 1.29 is 4.79 Å². The lowest BCUT2D eigenvalue weighted by Crippen LogP contribution is -2.29. The smallest absolute Gasteiger partial charge is 0.239 e. The zero-order valence-electron chi connectivity index (χ0n) is 9.49. The summed E-state index contributed by atoms with van der Waals surface area (Å²) in [6.45, 7) is 2.03. The molecule has 16 heavy (non-hydrogen) atoms. The van der Waals surface area contributed by atoms with E-state index in [2.05, 4.69) is 41.4 Å². The van der Waals surface area contributed by atoms with Gasteiger partial charge in [0.05, 0.1) is 5.92 Å². The molecule has 0 spiro atoms. The molecule has 2 rings (SSSR count). The van der Waals surface area contributed by atoms with Crippen LogP contribution in [-0.2, 0) is 11.2 Å². The second-order valence-electron chi connectivity index (χ2n) is 4.08. The Hall–Kier alpha value is -1.00. The van der Waals surface area contributed by atoms with Crippen LogP contribution in [0, 0.1) is 5.92 Å². The lowest BCUT2D eigenvalue weighted by molar-refractivity contribution is -0.122. The van der Waals surface area contributed by atoms with Crippen LogP contribution in [0.4, 0.5) is 0 Å². The highest BCUT2D eigenvalue weighted by molar-refractivity contribution is 7.98. The summed E-state index contributed by atoms with van der Waals surface area (Å²) in [4.78, 5) is 12.8. The molecule has 86 valence electrons. The van der Waals surface area contributed by atoms with Crippen LogP contribution in [0.2, 0.25) is 0 Å². The van der Waals surface area contributed by atoms with E-state index in [4.69, 9.17) is 0 Å². The Morgan fingerprint density at radius 3 is 2.50 bits per heavy atom. The van der Waals surface area contributed by atoms with Crippen molar-refractivity contribution in [2.75, 3.05) is 6.26 Å². The van der Waals surface area contributed by atoms with Gasteiger partial charge in [0.1, 0.15) is 0 Å². The Kier molecular flexibility index (Phi) is 3.51. The normalized spacial score (nSPS) is 24.5. The number of carbonyl (C=O) groups excluding carboxylic acids is 1. The van der Waals surface area contributed by atoms with E-state index in [1.165, 1.54) is 10.5 Å². The molecular formula is C12H16N2OS. The van der Waals surface area contributed by atoms with Crippen LogP contribution in [0.15, 0.2) is 29.2 Å². The third-order valence-electron chi connectivity index (χ3n) is 2.98. The summed E-state index contributed by atoms with van der Waals surface area (Å²) < 4.78 is 0. The molecule has 4 heteroatoms. The van der Waals surface area contributed by atoms with Gasteiger partial charge in [-0.2, -0.15) is 0 Å². The average Bonchev–Trinajstić information content (AvgIpc) is 2.62. The SMILES string of the molecule is CSc1ccc(CC2C(=O)NNC2C)cc1. The molecule has 3 nitrogen and oxygen atoms in total. The Balaban J connectivity index is 2.05. The summed E-state index contributed by atoms with van der Waals surface area (Å²) in [5.41, 5.74) is 6.84. The zero-order chi connectivity index (χ0) is 11.5. The fourth-order valence-corrected chi connectivity index (χ4v) is 2.30. The van der Waals surface area contributed by atoms with E-state index in [0.29, 0.717) is 0 Å². The number of carbonyl (C=O) groups is 1. The summed E-state index contributed by atoms with van der Waals surface area (Å²) in [6.07, 6.45) is 2.86. The van der Waals surface area contributed by atoms with Gasteiger partial charge in [0, 0.05) is 10.9 Å². The van der Waals surface area contributed by atoms with Gasteiger partial charge in [0.25, 0.3) is 0 Å². The van der Waals surface area contributed by atoms with Crippen molar-refractivity contribution in [2.24, 2.45) is 5.92 Å². The molecule has 1 heterocycles. The monoisotopic (exact) mass is 236 g/mol. The maximum absolute atomic E-state index is 11.5. The number of rotatable bonds is 3. The van der Waals surface area contributed by atoms with E-state index in [1.54, 1.807) is 11.8 Å². The summed E-state index contributed by atoms with van der Waals surface area (Å²) in [5, 5.41) is 0. The summed E-state index contributed by atoms with van der Waals surface area (Å²) in [6, 6.07) is 8.61. The van der Waals surface area contributed by atoms with E-state index < -0.39 is 0 Å². The molecule has 1 aromatic rings. The van der Waals surface area contributed by atoms with Gasteiger partial charge >= 0.3 is 0 Å². The molecular weight excluding hydrogens is 220 g/mol. The first kappa shape index (κ1) is 11.5. The predicted octanol–water partition coefficient (Wildman–Crippen LogP) is 1.59. The van der Waals surface area contributed by atoms with Crippen LogP contribution in [0.3, 0.4) is 0 Å². The fourth-order valence-electron chi connectivity index (χ4n) is 1.89. The maximum atomic E-state index is 11.5. The standard InChI is InChI=1S/C12H16N2OS/c1-8-11(12(15)14-13-8)7-9-3-5-10(16-2)6-4-9/h3-6,8,11,13H,7H2,1-2H3,(H,14,15). The highest BCUT2D eigenvalue weighted by atomic mass is 32.2. The van der Waals surface area contributed by atoms with Crippen molar-refractivity contribution in [3.05, 3.63) is 29.8 Å². The van der Waals surface area contributed by atoms with Gasteiger partial charge in [-0.15, -0.1) is 11.8 Å². The highest BCUT2D eigenvalue weighted by Gasteiger charge is 2.30. The Morgan fingerprint density at radius 1 is 1.31 bits per heavy atom. The maximum Gasteiger partial charge on any atom is 0.239 e. The lowest BCUT2D eigenvalue weighted by atomic mass is 9.94. The van der Waals surface area contributed by atoms with Crippen molar-refractivity contribution in [2.45, 2.75) is 24.3 Å². The first-order chi connectivity index (χ1) is 7.70. The van der Waals surface area contributed by atoms with Gasteiger partial charge in [-0.25, -0.2) is 5.43 Å². The molecule has 0 aliphatic carbocycles. The number of nitrogens with one attached hydrogen (secondary N) is 2. The Morgan fingerprint density at radius 2 is 2.00 bits per heavy atom. The van der Waals surface area contributed by atoms with Crippen molar-refractivity contribution in [3.63, 3.8) is 0 Å². The van der Waals surface area contributed by atoms with Gasteiger partial charge in [0.15, 0.2) is 0 Å². The number of thioether (sulfide) groups is 1. The molecule has 0 radical (unpaired) electrons. The first-order valence-electron chi connectivity index (χ1n) is 5.39. The van der Waals surface area contributed by atoms with E-state index in [9.17, 15) is 4.79 Å². The summed E-state index contributed by atoms with van der Waals surface area (Å²) in [5.74, 6) is 0.140. The molecule has 0 aromatic heterocycles. The van der Waals surface area contributed by atoms with Gasteiger partial charge < -0.3 is 0 Å². The lowest BCUT2D eigenvalue weighted by Gasteiger charge is -2.11. The molecule has 1 aromatic carbocycles. The van der Waals surface area contributed by atoms with E-state index in [1.807, 2.05) is 6.92 Å². The predicted molar refractivity (Wildman–Crippen MR) is 66.2 cm³/mol. The van der Waals surface area contributed by atoms with Crippen LogP contribution < -0.4 is 10.9 Å². The molecule has 1 aliphatic rings. The van der Waals surface area contributed by atoms with Gasteiger partial charge in [0.2, 0.25) is 5.91 Å². The molecule has 0 bridgehead atoms. The van der Waals surface area contributed by atoms with E-state index in [-0.39, 0.29) is 17.9 Å². The van der Waals surface area contributed by atoms with Crippen LogP contribution in [0.1, 0.15) is 12.5 Å². The van der Waals surface area contributed by atoms with Crippen molar-refractivity contribution in [1.82, 2.24) is 10.9 Å². The minimum atomic E-state index is 0.0418. The molecule has 2 atom stereocenters. The third-order valence-corrected chi connectivity index (χ3v) is 3.72. The summed E-state index contributed by atoms with van der Waals surface area (Å²) >= 11 is 1.73. The van der Waals surface area contributed by atoms with E-state index in [0.717, 1.165) is 6.42 Å². The average molecular weight is 236 g/mol. The minimum Gasteiger partial charge on any atom is -0.291 e. The van der Waals surface area contributed by atoms with Gasteiger partial charge in [-0.3, -0.25) is 10.2 Å². The zero-order valence-corrected chi connectivity index (χ0v) is 10.3. The Labute approximate surface area is 100.0 Å². The summed E-state index contributed by atoms with van der Waals surface area (Å²) in [7, 11) is 0. The minimum absolute atomic E-state index is 0.0418. The number of amides is 1. The second-order valence-corrected chi connectivity index (χ2v) is 4.96. The van der Waals surface area contributed by atoms with Crippen molar-refractivity contribution >= 4 is 17.7 Å². The van der Waals surface area contributed by atoms with Gasteiger partial charge in [-0.05, 0) is 37.3 Å². The molecule has 1 saturated heterocycles. The molecule has 2 N–H and O–H groups in total. The molecule has 1 aliphatic heterocycles. The number of hydrogen-bond acceptors (Lipinski definition) is 3. The number of hydrogen-bond donors (Lipinski definition) is 2. The largest absolute Gasteiger partial charge is 0.291 e. The molecule has 1 amide bonds. The van der Waals surface area contributed by atoms with Crippen molar-refractivity contribution in [1.29, 1.82) is 0 Å². The Bertz CT molecular complexity index is 377. The second kappa shape index (κ2) is 4.89. The third kappa shape index (κ3) is 2.39. The molecule has 0 saturated carbocycles. The first-order valence-corrected chi connectivity index (χ1v) is 6.61. The van der Waals surface area contributed by atoms with Crippen molar-refractivity contribution in [3.8, 4) is 0 Å². The van der Waals surface area contributed by atoms with Crippen LogP contribution in [0.25, 0.3) is 0 Å². The van der Waals surface area contributed by atoms with E-state index >= 15 is 0 Å². The highest BCUT2D eigenvalue weighted by Crippen LogP contribution is 2.19. The topological polar surface area (TPSA) is 41.1 Å². The van der Waals surface area contributed by atoms with Crippen LogP contribution >= 0.6 is 11.8 Å². The van der Waals surface area contributed by atoms with Crippen LogP contribution in [-0.4, -0.2) is 18.2 Å². The number of hydrazine groups is 1. The quantitative estimate of drug-likeness (QED) is 0.783. The molecule has 2 unspecified atom stereocenters. The fraction of sp³-hybridized carbons (Fsp3) is 0.417.